The van der Waals surface area contributed by atoms with Gasteiger partial charge in [-0.05, 0) is 41.5 Å². The van der Waals surface area contributed by atoms with Crippen LogP contribution in [0.3, 0.4) is 0 Å². The van der Waals surface area contributed by atoms with E-state index < -0.39 is 0 Å². The van der Waals surface area contributed by atoms with Gasteiger partial charge in [0, 0.05) is 6.42 Å². The van der Waals surface area contributed by atoms with Gasteiger partial charge >= 0.3 is 0 Å². The Balaban J connectivity index is 2.04. The lowest BCUT2D eigenvalue weighted by atomic mass is 10.1. The molecule has 5 heteroatoms. The lowest BCUT2D eigenvalue weighted by molar-refractivity contribution is -0.113. The number of hydrogen-bond donors (Lipinski definition) is 1. The summed E-state index contributed by atoms with van der Waals surface area (Å²) in [7, 11) is 3.02. The van der Waals surface area contributed by atoms with E-state index in [4.69, 9.17) is 21.1 Å². The second kappa shape index (κ2) is 7.70. The number of ketones is 1. The highest BCUT2D eigenvalue weighted by Gasteiger charge is 2.05. The van der Waals surface area contributed by atoms with E-state index in [2.05, 4.69) is 0 Å². The van der Waals surface area contributed by atoms with Crippen LogP contribution in [0.2, 0.25) is 5.02 Å². The highest BCUT2D eigenvalue weighted by Crippen LogP contribution is 2.27. The lowest BCUT2D eigenvalue weighted by Crippen LogP contribution is -1.98. The minimum absolute atomic E-state index is 0.0315. The minimum Gasteiger partial charge on any atom is -0.504 e. The van der Waals surface area contributed by atoms with Crippen LogP contribution in [-0.2, 0) is 11.2 Å². The maximum Gasteiger partial charge on any atom is 0.160 e. The van der Waals surface area contributed by atoms with Crippen molar-refractivity contribution in [2.24, 2.45) is 0 Å². The summed E-state index contributed by atoms with van der Waals surface area (Å²) >= 11 is 6.04. The van der Waals surface area contributed by atoms with Gasteiger partial charge in [0.2, 0.25) is 0 Å². The Bertz CT molecular complexity index is 738. The summed E-state index contributed by atoms with van der Waals surface area (Å²) in [5, 5.41) is 10.2. The van der Waals surface area contributed by atoms with E-state index in [0.717, 1.165) is 5.56 Å². The van der Waals surface area contributed by atoms with E-state index in [1.165, 1.54) is 19.3 Å². The topological polar surface area (TPSA) is 55.8 Å². The number of carbonyl (C=O) groups excluding carboxylic acids is 1. The summed E-state index contributed by atoms with van der Waals surface area (Å²) in [5.74, 6) is 0.930. The molecule has 2 aromatic carbocycles. The molecule has 23 heavy (non-hydrogen) atoms. The average Bonchev–Trinajstić information content (AvgIpc) is 2.53. The standard InChI is InChI=1S/C18H17ClO4/c1-22-17-7-5-13(10-15(17)19)9-14(20)6-3-12-4-8-18(23-2)16(21)11-12/h3-8,10-11,21H,9H2,1-2H3/b6-3+. The van der Waals surface area contributed by atoms with Gasteiger partial charge in [-0.2, -0.15) is 0 Å². The molecular weight excluding hydrogens is 316 g/mol. The molecule has 0 fully saturated rings. The van der Waals surface area contributed by atoms with Crippen LogP contribution in [0.15, 0.2) is 42.5 Å². The van der Waals surface area contributed by atoms with Crippen LogP contribution in [0.5, 0.6) is 17.2 Å². The van der Waals surface area contributed by atoms with Crippen LogP contribution in [-0.4, -0.2) is 25.1 Å². The van der Waals surface area contributed by atoms with E-state index in [1.54, 1.807) is 43.5 Å². The Kier molecular flexibility index (Phi) is 5.66. The molecule has 0 saturated carbocycles. The fraction of sp³-hybridized carbons (Fsp3) is 0.167. The number of phenols is 1. The third-order valence-electron chi connectivity index (χ3n) is 3.26. The molecule has 0 aromatic heterocycles. The van der Waals surface area contributed by atoms with Crippen molar-refractivity contribution in [1.82, 2.24) is 0 Å². The lowest BCUT2D eigenvalue weighted by Gasteiger charge is -2.05. The van der Waals surface area contributed by atoms with E-state index in [-0.39, 0.29) is 18.0 Å². The molecule has 120 valence electrons. The molecule has 0 saturated heterocycles. The zero-order valence-corrected chi connectivity index (χ0v) is 13.6. The Hall–Kier alpha value is -2.46. The van der Waals surface area contributed by atoms with Crippen LogP contribution in [0, 0.1) is 0 Å². The van der Waals surface area contributed by atoms with Crippen LogP contribution in [0.25, 0.3) is 6.08 Å². The summed E-state index contributed by atoms with van der Waals surface area (Å²) in [6, 6.07) is 10.2. The van der Waals surface area contributed by atoms with E-state index in [9.17, 15) is 9.90 Å². The minimum atomic E-state index is -0.0680. The van der Waals surface area contributed by atoms with Gasteiger partial charge in [0.15, 0.2) is 17.3 Å². The number of benzene rings is 2. The molecule has 4 nitrogen and oxygen atoms in total. The van der Waals surface area contributed by atoms with Gasteiger partial charge in [-0.25, -0.2) is 0 Å². The fourth-order valence-corrected chi connectivity index (χ4v) is 2.36. The molecule has 2 rings (SSSR count). The Morgan fingerprint density at radius 2 is 1.83 bits per heavy atom. The number of methoxy groups -OCH3 is 2. The molecule has 0 amide bonds. The Morgan fingerprint density at radius 1 is 1.13 bits per heavy atom. The van der Waals surface area contributed by atoms with Crippen molar-refractivity contribution >= 4 is 23.5 Å². The third kappa shape index (κ3) is 4.50. The first-order valence-corrected chi connectivity index (χ1v) is 7.31. The smallest absolute Gasteiger partial charge is 0.160 e. The molecule has 0 radical (unpaired) electrons. The van der Waals surface area contributed by atoms with Crippen LogP contribution in [0.4, 0.5) is 0 Å². The molecule has 0 aliphatic rings. The van der Waals surface area contributed by atoms with Crippen molar-refractivity contribution in [3.8, 4) is 17.2 Å². The molecule has 0 heterocycles. The Morgan fingerprint density at radius 3 is 2.43 bits per heavy atom. The number of rotatable bonds is 6. The highest BCUT2D eigenvalue weighted by molar-refractivity contribution is 6.32. The molecule has 2 aromatic rings. The summed E-state index contributed by atoms with van der Waals surface area (Å²) < 4.78 is 10.0. The van der Waals surface area contributed by atoms with Crippen molar-refractivity contribution in [1.29, 1.82) is 0 Å². The third-order valence-corrected chi connectivity index (χ3v) is 3.55. The summed E-state index contributed by atoms with van der Waals surface area (Å²) in [6.07, 6.45) is 3.36. The van der Waals surface area contributed by atoms with Crippen molar-refractivity contribution in [3.63, 3.8) is 0 Å². The van der Waals surface area contributed by atoms with Gasteiger partial charge < -0.3 is 14.6 Å². The second-order valence-corrected chi connectivity index (χ2v) is 5.28. The van der Waals surface area contributed by atoms with Gasteiger partial charge in [-0.15, -0.1) is 0 Å². The number of carbonyl (C=O) groups is 1. The molecule has 0 bridgehead atoms. The van der Waals surface area contributed by atoms with Crippen LogP contribution < -0.4 is 9.47 Å². The average molecular weight is 333 g/mol. The number of phenolic OH excluding ortho intramolecular Hbond substituents is 1. The molecule has 0 aliphatic heterocycles. The van der Waals surface area contributed by atoms with Crippen molar-refractivity contribution in [3.05, 3.63) is 58.6 Å². The van der Waals surface area contributed by atoms with E-state index >= 15 is 0 Å². The number of aromatic hydroxyl groups is 1. The SMILES string of the molecule is COc1ccc(/C=C/C(=O)Cc2ccc(OC)c(Cl)c2)cc1O. The molecule has 1 N–H and O–H groups in total. The number of hydrogen-bond acceptors (Lipinski definition) is 4. The van der Waals surface area contributed by atoms with Crippen molar-refractivity contribution < 1.29 is 19.4 Å². The molecule has 0 atom stereocenters. The van der Waals surface area contributed by atoms with Crippen molar-refractivity contribution in [2.45, 2.75) is 6.42 Å². The summed E-state index contributed by atoms with van der Waals surface area (Å²) in [4.78, 5) is 12.0. The van der Waals surface area contributed by atoms with E-state index in [1.807, 2.05) is 0 Å². The highest BCUT2D eigenvalue weighted by atomic mass is 35.5. The number of ether oxygens (including phenoxy) is 2. The first kappa shape index (κ1) is 16.9. The maximum absolute atomic E-state index is 12.0. The predicted molar refractivity (Wildman–Crippen MR) is 90.4 cm³/mol. The summed E-state index contributed by atoms with van der Waals surface area (Å²) in [6.45, 7) is 0. The normalized spacial score (nSPS) is 10.7. The van der Waals surface area contributed by atoms with Gasteiger partial charge in [0.25, 0.3) is 0 Å². The molecular formula is C18H17ClO4. The first-order chi connectivity index (χ1) is 11.0. The van der Waals surface area contributed by atoms with Crippen LogP contribution >= 0.6 is 11.6 Å². The zero-order valence-electron chi connectivity index (χ0n) is 12.9. The number of halogens is 1. The first-order valence-electron chi connectivity index (χ1n) is 6.94. The zero-order chi connectivity index (χ0) is 16.8. The molecule has 0 spiro atoms. The van der Waals surface area contributed by atoms with E-state index in [0.29, 0.717) is 22.1 Å². The molecule has 0 unspecified atom stereocenters. The van der Waals surface area contributed by atoms with Crippen molar-refractivity contribution in [2.75, 3.05) is 14.2 Å². The predicted octanol–water partition coefficient (Wildman–Crippen LogP) is 3.89. The van der Waals surface area contributed by atoms with Crippen LogP contribution in [0.1, 0.15) is 11.1 Å². The van der Waals surface area contributed by atoms with Gasteiger partial charge in [-0.1, -0.05) is 29.8 Å². The quantitative estimate of drug-likeness (QED) is 0.815. The van der Waals surface area contributed by atoms with Gasteiger partial charge in [0.1, 0.15) is 5.75 Å². The Labute approximate surface area is 139 Å². The maximum atomic E-state index is 12.0. The van der Waals surface area contributed by atoms with Gasteiger partial charge in [-0.3, -0.25) is 4.79 Å². The molecule has 0 aliphatic carbocycles. The second-order valence-electron chi connectivity index (χ2n) is 4.88. The largest absolute Gasteiger partial charge is 0.504 e. The summed E-state index contributed by atoms with van der Waals surface area (Å²) in [5.41, 5.74) is 1.52. The fourth-order valence-electron chi connectivity index (χ4n) is 2.08. The monoisotopic (exact) mass is 332 g/mol. The number of allylic oxidation sites excluding steroid dienone is 1. The van der Waals surface area contributed by atoms with Gasteiger partial charge in [0.05, 0.1) is 19.2 Å².